The van der Waals surface area contributed by atoms with Gasteiger partial charge in [-0.1, -0.05) is 222 Å². The van der Waals surface area contributed by atoms with Gasteiger partial charge in [0.1, 0.15) is 11.6 Å². The first-order chi connectivity index (χ1) is 33.4. The molecule has 0 atom stereocenters. The minimum Gasteiger partial charge on any atom is -0.507 e. The summed E-state index contributed by atoms with van der Waals surface area (Å²) in [5, 5.41) is 12.7. The van der Waals surface area contributed by atoms with Gasteiger partial charge < -0.3 is 5.11 Å². The Morgan fingerprint density at radius 1 is 0.549 bits per heavy atom. The normalized spacial score (nSPS) is 12.7. The van der Waals surface area contributed by atoms with Gasteiger partial charge in [0.2, 0.25) is 0 Å². The Morgan fingerprint density at radius 2 is 1.17 bits per heavy atom. The van der Waals surface area contributed by atoms with Gasteiger partial charge in [-0.3, -0.25) is 9.55 Å². The Labute approximate surface area is 439 Å². The number of imidazole rings is 1. The standard InChI is InChI=1S/C66H68N3O.Pt/c1-42(2)43-27-29-45(30-28-43)47-33-34-67-57(38-47)50-36-48(44-21-16-14-17-22-44)35-49(37-50)53-25-20-26-59-60(53)68-62(55-40-52(63(3,4)5)41-56(61(55)70)64(6,7)8)69(59)58-32-31-51(66(12,13)65(9,10)11)39-54(58)46-23-18-15-19-24-46;/h14-36,38-42,70H,1-13H3;/q-1;/i42D;. The molecule has 0 saturated carbocycles. The number of hydrogen-bond donors (Lipinski definition) is 1. The van der Waals surface area contributed by atoms with Gasteiger partial charge in [-0.05, 0) is 96.8 Å². The second kappa shape index (κ2) is 19.3. The van der Waals surface area contributed by atoms with Crippen molar-refractivity contribution in [1.82, 2.24) is 14.5 Å². The SMILES string of the molecule is [2H]C(C)(C)c1ccc(-c2ccnc(-c3[c-]c(-c4cccc5c4nc(-c4cc(C(C)(C)C)cc(C(C)(C)C)c4O)n5-c4ccc(C(C)(C)C(C)(C)C)cc4-c4ccccc4)cc(-c4ccccc4)c3)c2)cc1.[Pt]. The maximum Gasteiger partial charge on any atom is 0.148 e. The van der Waals surface area contributed by atoms with Crippen LogP contribution in [0.3, 0.4) is 0 Å². The third-order valence-corrected chi connectivity index (χ3v) is 14.7. The van der Waals surface area contributed by atoms with Crippen molar-refractivity contribution < 1.29 is 27.5 Å². The van der Waals surface area contributed by atoms with E-state index < -0.39 is 5.89 Å². The van der Waals surface area contributed by atoms with Gasteiger partial charge in [-0.25, -0.2) is 4.98 Å². The second-order valence-corrected chi connectivity index (χ2v) is 22.9. The largest absolute Gasteiger partial charge is 0.507 e. The van der Waals surface area contributed by atoms with E-state index >= 15 is 0 Å². The minimum absolute atomic E-state index is 0. The Kier molecular flexibility index (Phi) is 13.5. The third-order valence-electron chi connectivity index (χ3n) is 14.7. The summed E-state index contributed by atoms with van der Waals surface area (Å²) < 4.78 is 10.8. The zero-order valence-electron chi connectivity index (χ0n) is 44.7. The summed E-state index contributed by atoms with van der Waals surface area (Å²) in [5.74, 6) is 0.212. The van der Waals surface area contributed by atoms with Crippen LogP contribution in [0.1, 0.15) is 120 Å². The van der Waals surface area contributed by atoms with Crippen LogP contribution in [0.5, 0.6) is 5.75 Å². The van der Waals surface area contributed by atoms with Crippen molar-refractivity contribution in [3.05, 3.63) is 192 Å². The number of hydrogen-bond acceptors (Lipinski definition) is 3. The van der Waals surface area contributed by atoms with Crippen LogP contribution in [0.25, 0.3) is 83.9 Å². The van der Waals surface area contributed by atoms with E-state index in [-0.39, 0.29) is 48.5 Å². The van der Waals surface area contributed by atoms with Crippen molar-refractivity contribution in [2.24, 2.45) is 5.41 Å². The monoisotopic (exact) mass is 1110 g/mol. The van der Waals surface area contributed by atoms with E-state index in [9.17, 15) is 5.11 Å². The molecule has 0 radical (unpaired) electrons. The first-order valence-corrected chi connectivity index (χ1v) is 24.7. The number of benzene rings is 7. The summed E-state index contributed by atoms with van der Waals surface area (Å²) in [7, 11) is 0. The van der Waals surface area contributed by atoms with Crippen molar-refractivity contribution in [2.75, 3.05) is 0 Å². The molecule has 364 valence electrons. The summed E-state index contributed by atoms with van der Waals surface area (Å²) in [6.45, 7) is 28.6. The van der Waals surface area contributed by atoms with E-state index in [1.165, 1.54) is 5.56 Å². The molecule has 9 rings (SSSR count). The molecule has 4 nitrogen and oxygen atoms in total. The number of aromatic nitrogens is 3. The predicted octanol–water partition coefficient (Wildman–Crippen LogP) is 18.0. The zero-order valence-corrected chi connectivity index (χ0v) is 46.0. The van der Waals surface area contributed by atoms with Crippen molar-refractivity contribution in [2.45, 2.75) is 112 Å². The number of phenols is 1. The summed E-state index contributed by atoms with van der Waals surface area (Å²) in [5.41, 5.74) is 16.7. The summed E-state index contributed by atoms with van der Waals surface area (Å²) in [6.07, 6.45) is 1.87. The van der Waals surface area contributed by atoms with Crippen LogP contribution in [0.4, 0.5) is 0 Å². The topological polar surface area (TPSA) is 50.9 Å². The predicted molar refractivity (Wildman–Crippen MR) is 296 cm³/mol. The van der Waals surface area contributed by atoms with Gasteiger partial charge in [-0.15, -0.1) is 23.8 Å². The first-order valence-electron chi connectivity index (χ1n) is 25.2. The molecular formula is C66H68N3OPt-. The zero-order chi connectivity index (χ0) is 50.8. The van der Waals surface area contributed by atoms with E-state index in [0.717, 1.165) is 89.2 Å². The van der Waals surface area contributed by atoms with E-state index in [0.29, 0.717) is 11.4 Å². The number of aromatic hydroxyl groups is 1. The molecule has 71 heavy (non-hydrogen) atoms. The average Bonchev–Trinajstić information content (AvgIpc) is 3.72. The van der Waals surface area contributed by atoms with Crippen LogP contribution in [0, 0.1) is 11.5 Å². The van der Waals surface area contributed by atoms with Crippen LogP contribution in [-0.4, -0.2) is 19.6 Å². The molecule has 0 saturated heterocycles. The molecule has 0 aliphatic carbocycles. The van der Waals surface area contributed by atoms with Crippen molar-refractivity contribution in [3.63, 3.8) is 0 Å². The molecule has 7 aromatic carbocycles. The van der Waals surface area contributed by atoms with Gasteiger partial charge in [0.15, 0.2) is 0 Å². The van der Waals surface area contributed by atoms with Gasteiger partial charge >= 0.3 is 0 Å². The van der Waals surface area contributed by atoms with Crippen molar-refractivity contribution in [1.29, 1.82) is 0 Å². The number of nitrogens with zero attached hydrogens (tertiary/aromatic N) is 3. The van der Waals surface area contributed by atoms with Gasteiger partial charge in [0.25, 0.3) is 0 Å². The van der Waals surface area contributed by atoms with E-state index in [1.54, 1.807) is 0 Å². The van der Waals surface area contributed by atoms with Crippen LogP contribution < -0.4 is 0 Å². The van der Waals surface area contributed by atoms with E-state index in [2.05, 4.69) is 220 Å². The number of rotatable bonds is 9. The molecule has 9 aromatic rings. The van der Waals surface area contributed by atoms with Crippen LogP contribution in [-0.2, 0) is 37.3 Å². The molecule has 0 spiro atoms. The number of pyridine rings is 1. The summed E-state index contributed by atoms with van der Waals surface area (Å²) in [4.78, 5) is 10.7. The molecule has 0 aliphatic heterocycles. The molecule has 0 fully saturated rings. The molecule has 1 N–H and O–H groups in total. The first kappa shape index (κ1) is 49.6. The summed E-state index contributed by atoms with van der Waals surface area (Å²) in [6, 6.07) is 59.5. The molecule has 0 bridgehead atoms. The Bertz CT molecular complexity index is 3420. The van der Waals surface area contributed by atoms with E-state index in [1.807, 2.05) is 44.3 Å². The van der Waals surface area contributed by atoms with Crippen LogP contribution >= 0.6 is 0 Å². The van der Waals surface area contributed by atoms with Crippen LogP contribution in [0.15, 0.2) is 164 Å². The Morgan fingerprint density at radius 3 is 1.79 bits per heavy atom. The fraction of sp³-hybridized carbons (Fsp3) is 0.273. The second-order valence-electron chi connectivity index (χ2n) is 22.9. The van der Waals surface area contributed by atoms with Gasteiger partial charge in [0.05, 0.1) is 22.3 Å². The number of para-hydroxylation sites is 1. The number of fused-ring (bicyclic) bond motifs is 1. The van der Waals surface area contributed by atoms with Crippen molar-refractivity contribution >= 4 is 11.0 Å². The fourth-order valence-electron chi connectivity index (χ4n) is 9.36. The Balaban J connectivity index is 0.00000693. The third kappa shape index (κ3) is 9.98. The summed E-state index contributed by atoms with van der Waals surface area (Å²) >= 11 is 0. The minimum atomic E-state index is -0.686. The molecular weight excluding hydrogens is 1050 g/mol. The maximum absolute atomic E-state index is 12.7. The van der Waals surface area contributed by atoms with Crippen LogP contribution in [0.2, 0.25) is 0 Å². The molecule has 0 unspecified atom stereocenters. The Hall–Kier alpha value is -6.35. The molecule has 0 aliphatic rings. The fourth-order valence-corrected chi connectivity index (χ4v) is 9.36. The van der Waals surface area contributed by atoms with Crippen molar-refractivity contribution in [3.8, 4) is 78.6 Å². The van der Waals surface area contributed by atoms with E-state index in [4.69, 9.17) is 11.3 Å². The van der Waals surface area contributed by atoms with Gasteiger partial charge in [-0.2, -0.15) is 0 Å². The maximum atomic E-state index is 12.7. The quantitative estimate of drug-likeness (QED) is 0.147. The molecule has 2 heterocycles. The smallest absolute Gasteiger partial charge is 0.148 e. The molecule has 0 amide bonds. The van der Waals surface area contributed by atoms with Gasteiger partial charge in [0, 0.05) is 45.5 Å². The molecule has 5 heteroatoms. The number of phenolic OH excluding ortho intramolecular Hbond substituents is 1. The average molecular weight is 1120 g/mol. The molecule has 2 aromatic heterocycles.